The third-order valence-electron chi connectivity index (χ3n) is 1.61. The summed E-state index contributed by atoms with van der Waals surface area (Å²) in [5.41, 5.74) is 0.440. The van der Waals surface area contributed by atoms with E-state index in [0.29, 0.717) is 5.41 Å². The van der Waals surface area contributed by atoms with Gasteiger partial charge in [-0.3, -0.25) is 4.79 Å². The summed E-state index contributed by atoms with van der Waals surface area (Å²) < 4.78 is 0. The van der Waals surface area contributed by atoms with Crippen molar-refractivity contribution in [1.82, 2.24) is 0 Å². The number of carbonyl (C=O) groups is 1. The molecule has 0 unspecified atom stereocenters. The number of carbonyl (C=O) groups excluding carboxylic acids is 1. The molecule has 0 heterocycles. The zero-order chi connectivity index (χ0) is 9.83. The number of hydrogen-bond donors (Lipinski definition) is 0. The van der Waals surface area contributed by atoms with Gasteiger partial charge in [-0.25, -0.2) is 0 Å². The zero-order valence-corrected chi connectivity index (χ0v) is 8.85. The summed E-state index contributed by atoms with van der Waals surface area (Å²) in [6.07, 6.45) is 5.49. The Balaban J connectivity index is 4.22. The van der Waals surface area contributed by atoms with Crippen LogP contribution in [0.5, 0.6) is 0 Å². The first-order chi connectivity index (χ1) is 5.27. The van der Waals surface area contributed by atoms with E-state index in [0.717, 1.165) is 12.7 Å². The van der Waals surface area contributed by atoms with Gasteiger partial charge < -0.3 is 0 Å². The van der Waals surface area contributed by atoms with Gasteiger partial charge in [0.25, 0.3) is 0 Å². The average Bonchev–Trinajstić information content (AvgIpc) is 1.78. The van der Waals surface area contributed by atoms with Crippen LogP contribution >= 0.6 is 0 Å². The molecule has 0 atom stereocenters. The molecular formula is C11H20O. The Morgan fingerprint density at radius 1 is 1.08 bits per heavy atom. The molecule has 0 aromatic heterocycles. The van der Waals surface area contributed by atoms with Crippen molar-refractivity contribution in [1.29, 1.82) is 0 Å². The fourth-order valence-corrected chi connectivity index (χ4v) is 1.73. The van der Waals surface area contributed by atoms with E-state index in [1.165, 1.54) is 0 Å². The molecule has 1 heteroatoms. The van der Waals surface area contributed by atoms with Crippen LogP contribution in [0.2, 0.25) is 0 Å². The molecule has 0 fully saturated rings. The molecule has 0 N–H and O–H groups in total. The maximum Gasteiger partial charge on any atom is 0.142 e. The largest absolute Gasteiger partial charge is 0.299 e. The fraction of sp³-hybridized carbons (Fsp3) is 0.727. The van der Waals surface area contributed by atoms with Gasteiger partial charge in [-0.15, -0.1) is 0 Å². The predicted molar refractivity (Wildman–Crippen MR) is 53.1 cm³/mol. The van der Waals surface area contributed by atoms with Crippen LogP contribution in [0.25, 0.3) is 0 Å². The number of hydrogen-bond acceptors (Lipinski definition) is 1. The van der Waals surface area contributed by atoms with Gasteiger partial charge in [0.2, 0.25) is 0 Å². The van der Waals surface area contributed by atoms with Crippen molar-refractivity contribution < 1.29 is 4.79 Å². The Morgan fingerprint density at radius 2 is 1.58 bits per heavy atom. The van der Waals surface area contributed by atoms with E-state index >= 15 is 0 Å². The molecule has 70 valence electrons. The predicted octanol–water partition coefficient (Wildman–Crippen LogP) is 3.20. The van der Waals surface area contributed by atoms with Crippen molar-refractivity contribution >= 4 is 6.29 Å². The van der Waals surface area contributed by atoms with Crippen LogP contribution in [-0.4, -0.2) is 6.29 Å². The standard InChI is InChI=1S/C11H20O/c1-10(2,3)9-11(4,5)7-6-8-12/h6-8H,9H2,1-5H3. The molecule has 0 aromatic carbocycles. The van der Waals surface area contributed by atoms with Gasteiger partial charge in [-0.1, -0.05) is 40.7 Å². The molecule has 0 saturated heterocycles. The van der Waals surface area contributed by atoms with Crippen LogP contribution in [0.1, 0.15) is 41.0 Å². The Morgan fingerprint density at radius 3 is 1.92 bits per heavy atom. The van der Waals surface area contributed by atoms with Crippen LogP contribution in [0.4, 0.5) is 0 Å². The number of rotatable bonds is 3. The normalized spacial score (nSPS) is 13.8. The van der Waals surface area contributed by atoms with Crippen LogP contribution in [-0.2, 0) is 4.79 Å². The van der Waals surface area contributed by atoms with Crippen molar-refractivity contribution in [2.24, 2.45) is 10.8 Å². The number of allylic oxidation sites excluding steroid dienone is 2. The summed E-state index contributed by atoms with van der Waals surface area (Å²) in [7, 11) is 0. The first kappa shape index (κ1) is 11.4. The van der Waals surface area contributed by atoms with E-state index in [2.05, 4.69) is 34.6 Å². The summed E-state index contributed by atoms with van der Waals surface area (Å²) >= 11 is 0. The SMILES string of the molecule is CC(C)(C)CC(C)(C)C=CC=O. The maximum atomic E-state index is 10.1. The van der Waals surface area contributed by atoms with Crippen LogP contribution in [0.3, 0.4) is 0 Å². The highest BCUT2D eigenvalue weighted by atomic mass is 16.1. The van der Waals surface area contributed by atoms with Crippen molar-refractivity contribution in [3.05, 3.63) is 12.2 Å². The molecular weight excluding hydrogens is 148 g/mol. The van der Waals surface area contributed by atoms with Crippen molar-refractivity contribution in [3.63, 3.8) is 0 Å². The first-order valence-electron chi connectivity index (χ1n) is 4.40. The van der Waals surface area contributed by atoms with Gasteiger partial charge in [0.05, 0.1) is 0 Å². The Bertz CT molecular complexity index is 170. The van der Waals surface area contributed by atoms with E-state index in [-0.39, 0.29) is 5.41 Å². The molecule has 0 bridgehead atoms. The molecule has 0 rings (SSSR count). The van der Waals surface area contributed by atoms with Gasteiger partial charge in [0.1, 0.15) is 6.29 Å². The second kappa shape index (κ2) is 3.88. The Hall–Kier alpha value is -0.590. The molecule has 0 spiro atoms. The molecule has 12 heavy (non-hydrogen) atoms. The molecule has 0 aliphatic rings. The minimum atomic E-state index is 0.124. The second-order valence-corrected chi connectivity index (χ2v) is 5.22. The molecule has 0 saturated carbocycles. The molecule has 0 amide bonds. The van der Waals surface area contributed by atoms with Gasteiger partial charge in [0, 0.05) is 0 Å². The lowest BCUT2D eigenvalue weighted by molar-refractivity contribution is -0.104. The summed E-state index contributed by atoms with van der Waals surface area (Å²) in [6.45, 7) is 10.9. The summed E-state index contributed by atoms with van der Waals surface area (Å²) in [5, 5.41) is 0. The Kier molecular flexibility index (Phi) is 3.69. The van der Waals surface area contributed by atoms with Gasteiger partial charge >= 0.3 is 0 Å². The highest BCUT2D eigenvalue weighted by Gasteiger charge is 2.22. The topological polar surface area (TPSA) is 17.1 Å². The molecule has 0 aliphatic carbocycles. The van der Waals surface area contributed by atoms with Gasteiger partial charge in [0.15, 0.2) is 0 Å². The van der Waals surface area contributed by atoms with Crippen LogP contribution in [0, 0.1) is 10.8 Å². The van der Waals surface area contributed by atoms with E-state index < -0.39 is 0 Å². The van der Waals surface area contributed by atoms with Gasteiger partial charge in [-0.2, -0.15) is 0 Å². The molecule has 0 radical (unpaired) electrons. The average molecular weight is 168 g/mol. The lowest BCUT2D eigenvalue weighted by Gasteiger charge is -2.29. The lowest BCUT2D eigenvalue weighted by atomic mass is 9.76. The summed E-state index contributed by atoms with van der Waals surface area (Å²) in [5.74, 6) is 0. The third kappa shape index (κ3) is 6.14. The quantitative estimate of drug-likeness (QED) is 0.467. The zero-order valence-electron chi connectivity index (χ0n) is 8.85. The van der Waals surface area contributed by atoms with Crippen LogP contribution < -0.4 is 0 Å². The summed E-state index contributed by atoms with van der Waals surface area (Å²) in [6, 6.07) is 0. The molecule has 1 nitrogen and oxygen atoms in total. The third-order valence-corrected chi connectivity index (χ3v) is 1.61. The van der Waals surface area contributed by atoms with E-state index in [1.54, 1.807) is 6.08 Å². The van der Waals surface area contributed by atoms with E-state index in [1.807, 2.05) is 6.08 Å². The maximum absolute atomic E-state index is 10.1. The van der Waals surface area contributed by atoms with Crippen molar-refractivity contribution in [2.45, 2.75) is 41.0 Å². The van der Waals surface area contributed by atoms with E-state index in [9.17, 15) is 4.79 Å². The smallest absolute Gasteiger partial charge is 0.142 e. The van der Waals surface area contributed by atoms with Crippen molar-refractivity contribution in [2.75, 3.05) is 0 Å². The fourth-order valence-electron chi connectivity index (χ4n) is 1.73. The molecule has 0 aromatic rings. The van der Waals surface area contributed by atoms with Crippen LogP contribution in [0.15, 0.2) is 12.2 Å². The Labute approximate surface area is 75.9 Å². The highest BCUT2D eigenvalue weighted by molar-refractivity contribution is 5.64. The first-order valence-corrected chi connectivity index (χ1v) is 4.40. The second-order valence-electron chi connectivity index (χ2n) is 5.22. The van der Waals surface area contributed by atoms with E-state index in [4.69, 9.17) is 0 Å². The summed E-state index contributed by atoms with van der Waals surface area (Å²) in [4.78, 5) is 10.1. The lowest BCUT2D eigenvalue weighted by Crippen LogP contribution is -2.18. The van der Waals surface area contributed by atoms with Crippen molar-refractivity contribution in [3.8, 4) is 0 Å². The monoisotopic (exact) mass is 168 g/mol. The molecule has 0 aliphatic heterocycles. The number of aldehydes is 1. The minimum absolute atomic E-state index is 0.124. The minimum Gasteiger partial charge on any atom is -0.299 e. The highest BCUT2D eigenvalue weighted by Crippen LogP contribution is 2.33. The van der Waals surface area contributed by atoms with Gasteiger partial charge in [-0.05, 0) is 23.3 Å².